The normalized spacial score (nSPS) is 18.8. The zero-order valence-electron chi connectivity index (χ0n) is 21.4. The summed E-state index contributed by atoms with van der Waals surface area (Å²) in [5, 5.41) is 0. The second-order valence-corrected chi connectivity index (χ2v) is 9.86. The van der Waals surface area contributed by atoms with Gasteiger partial charge in [-0.1, -0.05) is 117 Å². The summed E-state index contributed by atoms with van der Waals surface area (Å²) in [4.78, 5) is 0. The molecule has 0 N–H and O–H groups in total. The van der Waals surface area contributed by atoms with Crippen LogP contribution >= 0.6 is 0 Å². The van der Waals surface area contributed by atoms with Gasteiger partial charge >= 0.3 is 0 Å². The van der Waals surface area contributed by atoms with Gasteiger partial charge in [-0.25, -0.2) is 0 Å². The number of unbranched alkanes of at least 4 members (excludes halogenated alkanes) is 16. The molecule has 1 rings (SSSR count). The zero-order valence-corrected chi connectivity index (χ0v) is 21.4. The zero-order chi connectivity index (χ0) is 22.2. The van der Waals surface area contributed by atoms with Crippen molar-refractivity contribution in [1.82, 2.24) is 0 Å². The molecule has 0 unspecified atom stereocenters. The minimum atomic E-state index is 0.292. The Morgan fingerprint density at radius 1 is 0.548 bits per heavy atom. The third-order valence-electron chi connectivity index (χ3n) is 6.61. The highest BCUT2D eigenvalue weighted by Crippen LogP contribution is 2.20. The van der Waals surface area contributed by atoms with E-state index in [1.165, 1.54) is 116 Å². The Morgan fingerprint density at radius 2 is 0.968 bits per heavy atom. The van der Waals surface area contributed by atoms with Gasteiger partial charge < -0.3 is 14.2 Å². The summed E-state index contributed by atoms with van der Waals surface area (Å²) in [5.41, 5.74) is 0. The molecule has 1 aliphatic rings. The number of ether oxygens (including phenoxy) is 3. The van der Waals surface area contributed by atoms with Crippen molar-refractivity contribution in [3.8, 4) is 0 Å². The monoisotopic (exact) mass is 440 g/mol. The number of hydrogen-bond donors (Lipinski definition) is 0. The van der Waals surface area contributed by atoms with E-state index in [1.54, 1.807) is 0 Å². The molecule has 0 bridgehead atoms. The van der Waals surface area contributed by atoms with E-state index in [4.69, 9.17) is 14.2 Å². The summed E-state index contributed by atoms with van der Waals surface area (Å²) in [6.45, 7) is 8.83. The lowest BCUT2D eigenvalue weighted by atomic mass is 10.0. The molecule has 31 heavy (non-hydrogen) atoms. The molecule has 0 aromatic rings. The molecular formula is C28H56O3. The summed E-state index contributed by atoms with van der Waals surface area (Å²) >= 11 is 0. The third kappa shape index (κ3) is 19.1. The summed E-state index contributed by atoms with van der Waals surface area (Å²) < 4.78 is 17.6. The Balaban J connectivity index is 1.74. The predicted molar refractivity (Wildman–Crippen MR) is 134 cm³/mol. The van der Waals surface area contributed by atoms with E-state index in [9.17, 15) is 0 Å². The maximum absolute atomic E-state index is 5.88. The molecule has 1 heterocycles. The Labute approximate surface area is 195 Å². The van der Waals surface area contributed by atoms with E-state index in [0.717, 1.165) is 39.5 Å². The molecule has 3 nitrogen and oxygen atoms in total. The smallest absolute Gasteiger partial charge is 0.0813 e. The van der Waals surface area contributed by atoms with E-state index < -0.39 is 0 Å². The Kier molecular flexibility index (Phi) is 21.5. The van der Waals surface area contributed by atoms with Gasteiger partial charge in [-0.15, -0.1) is 0 Å². The number of hydrogen-bond acceptors (Lipinski definition) is 3. The van der Waals surface area contributed by atoms with Crippen molar-refractivity contribution in [3.05, 3.63) is 0 Å². The van der Waals surface area contributed by atoms with E-state index in [1.807, 2.05) is 0 Å². The largest absolute Gasteiger partial charge is 0.381 e. The maximum Gasteiger partial charge on any atom is 0.0813 e. The molecule has 0 aliphatic carbocycles. The SMILES string of the molecule is CCCCCCCCCCCCCCCCOC[C@@H]1C[C@@H](COCCCCCC)CO1. The van der Waals surface area contributed by atoms with Gasteiger partial charge in [0.15, 0.2) is 0 Å². The fraction of sp³-hybridized carbons (Fsp3) is 1.00. The minimum absolute atomic E-state index is 0.292. The second kappa shape index (κ2) is 23.1. The fourth-order valence-corrected chi connectivity index (χ4v) is 4.51. The highest BCUT2D eigenvalue weighted by atomic mass is 16.5. The maximum atomic E-state index is 5.88. The topological polar surface area (TPSA) is 27.7 Å². The van der Waals surface area contributed by atoms with Crippen molar-refractivity contribution < 1.29 is 14.2 Å². The molecule has 1 saturated heterocycles. The molecule has 0 saturated carbocycles. The Morgan fingerprint density at radius 3 is 1.48 bits per heavy atom. The highest BCUT2D eigenvalue weighted by Gasteiger charge is 2.25. The standard InChI is InChI=1S/C28H56O3/c1-3-5-7-9-10-11-12-13-14-15-16-17-18-20-22-30-26-28-23-27(25-31-28)24-29-21-19-8-6-4-2/h27-28H,3-26H2,1-2H3/t27-,28-/m0/s1. The lowest BCUT2D eigenvalue weighted by Gasteiger charge is -2.11. The summed E-state index contributed by atoms with van der Waals surface area (Å²) in [6.07, 6.45) is 26.2. The van der Waals surface area contributed by atoms with Gasteiger partial charge in [0.2, 0.25) is 0 Å². The third-order valence-corrected chi connectivity index (χ3v) is 6.61. The van der Waals surface area contributed by atoms with Crippen molar-refractivity contribution in [2.45, 2.75) is 142 Å². The van der Waals surface area contributed by atoms with E-state index >= 15 is 0 Å². The van der Waals surface area contributed by atoms with Crippen LogP contribution in [0.5, 0.6) is 0 Å². The van der Waals surface area contributed by atoms with Gasteiger partial charge in [0, 0.05) is 19.1 Å². The first-order valence-corrected chi connectivity index (χ1v) is 14.1. The van der Waals surface area contributed by atoms with Crippen LogP contribution < -0.4 is 0 Å². The van der Waals surface area contributed by atoms with Gasteiger partial charge in [0.25, 0.3) is 0 Å². The lowest BCUT2D eigenvalue weighted by molar-refractivity contribution is 0.0141. The van der Waals surface area contributed by atoms with Gasteiger partial charge in [-0.05, 0) is 19.3 Å². The van der Waals surface area contributed by atoms with Crippen LogP contribution in [0, 0.1) is 5.92 Å². The van der Waals surface area contributed by atoms with Crippen molar-refractivity contribution in [1.29, 1.82) is 0 Å². The first kappa shape index (κ1) is 28.9. The molecule has 0 radical (unpaired) electrons. The van der Waals surface area contributed by atoms with Crippen LogP contribution in [0.3, 0.4) is 0 Å². The summed E-state index contributed by atoms with van der Waals surface area (Å²) in [7, 11) is 0. The predicted octanol–water partition coefficient (Wildman–Crippen LogP) is 8.49. The van der Waals surface area contributed by atoms with E-state index in [-0.39, 0.29) is 0 Å². The van der Waals surface area contributed by atoms with Crippen LogP contribution in [0.25, 0.3) is 0 Å². The summed E-state index contributed by atoms with van der Waals surface area (Å²) in [6, 6.07) is 0. The molecule has 0 aromatic heterocycles. The first-order valence-electron chi connectivity index (χ1n) is 14.1. The second-order valence-electron chi connectivity index (χ2n) is 9.86. The molecule has 186 valence electrons. The average molecular weight is 441 g/mol. The highest BCUT2D eigenvalue weighted by molar-refractivity contribution is 4.73. The molecule has 0 spiro atoms. The van der Waals surface area contributed by atoms with Crippen LogP contribution in [0.15, 0.2) is 0 Å². The van der Waals surface area contributed by atoms with Crippen LogP contribution in [-0.2, 0) is 14.2 Å². The van der Waals surface area contributed by atoms with Crippen LogP contribution in [-0.4, -0.2) is 39.1 Å². The molecule has 3 heteroatoms. The first-order chi connectivity index (χ1) is 15.4. The van der Waals surface area contributed by atoms with Gasteiger partial charge in [-0.3, -0.25) is 0 Å². The van der Waals surface area contributed by atoms with Crippen molar-refractivity contribution in [2.24, 2.45) is 5.92 Å². The minimum Gasteiger partial charge on any atom is -0.381 e. The average Bonchev–Trinajstić information content (AvgIpc) is 3.23. The van der Waals surface area contributed by atoms with Crippen molar-refractivity contribution in [3.63, 3.8) is 0 Å². The van der Waals surface area contributed by atoms with E-state index in [0.29, 0.717) is 12.0 Å². The Bertz CT molecular complexity index is 347. The van der Waals surface area contributed by atoms with Gasteiger partial charge in [0.05, 0.1) is 25.9 Å². The molecule has 1 fully saturated rings. The molecule has 0 amide bonds. The van der Waals surface area contributed by atoms with E-state index in [2.05, 4.69) is 13.8 Å². The number of rotatable bonds is 24. The summed E-state index contributed by atoms with van der Waals surface area (Å²) in [5.74, 6) is 0.570. The quantitative estimate of drug-likeness (QED) is 0.141. The van der Waals surface area contributed by atoms with Crippen LogP contribution in [0.2, 0.25) is 0 Å². The van der Waals surface area contributed by atoms with Crippen molar-refractivity contribution in [2.75, 3.05) is 33.0 Å². The molecule has 0 aromatic carbocycles. The van der Waals surface area contributed by atoms with Crippen LogP contribution in [0.4, 0.5) is 0 Å². The van der Waals surface area contributed by atoms with Gasteiger partial charge in [0.1, 0.15) is 0 Å². The molecule has 1 aliphatic heterocycles. The van der Waals surface area contributed by atoms with Gasteiger partial charge in [-0.2, -0.15) is 0 Å². The lowest BCUT2D eigenvalue weighted by Crippen LogP contribution is -2.15. The van der Waals surface area contributed by atoms with Crippen molar-refractivity contribution >= 4 is 0 Å². The Hall–Kier alpha value is -0.120. The van der Waals surface area contributed by atoms with Crippen LogP contribution in [0.1, 0.15) is 136 Å². The molecule has 2 atom stereocenters. The fourth-order valence-electron chi connectivity index (χ4n) is 4.51. The molecular weight excluding hydrogens is 384 g/mol.